The molecule has 0 fully saturated rings. The first-order valence-corrected chi connectivity index (χ1v) is 6.46. The van der Waals surface area contributed by atoms with Crippen LogP contribution in [0.15, 0.2) is 18.2 Å². The first kappa shape index (κ1) is 18.7. The van der Waals surface area contributed by atoms with E-state index in [1.54, 1.807) is 25.1 Å². The number of nitrogens with two attached hydrogens (primary N) is 1. The molecule has 0 aliphatic carbocycles. The molecule has 20 heavy (non-hydrogen) atoms. The fourth-order valence-corrected chi connectivity index (χ4v) is 1.61. The van der Waals surface area contributed by atoms with Crippen LogP contribution < -0.4 is 16.4 Å². The highest BCUT2D eigenvalue weighted by Gasteiger charge is 2.16. The zero-order valence-corrected chi connectivity index (χ0v) is 13.0. The number of rotatable bonds is 5. The highest BCUT2D eigenvalue weighted by atomic mass is 35.5. The third-order valence-corrected chi connectivity index (χ3v) is 2.86. The van der Waals surface area contributed by atoms with Gasteiger partial charge in [-0.2, -0.15) is 0 Å². The third-order valence-electron chi connectivity index (χ3n) is 2.62. The molecule has 5 nitrogen and oxygen atoms in total. The monoisotopic (exact) mass is 319 g/mol. The minimum atomic E-state index is -0.332. The Morgan fingerprint density at radius 2 is 2.05 bits per heavy atom. The number of anilines is 1. The van der Waals surface area contributed by atoms with Gasteiger partial charge in [-0.3, -0.25) is 9.59 Å². The second-order valence-electron chi connectivity index (χ2n) is 4.18. The minimum Gasteiger partial charge on any atom is -0.352 e. The molecular weight excluding hydrogens is 301 g/mol. The molecule has 0 bridgehead atoms. The summed E-state index contributed by atoms with van der Waals surface area (Å²) < 4.78 is 0. The summed E-state index contributed by atoms with van der Waals surface area (Å²) in [4.78, 5) is 23.7. The lowest BCUT2D eigenvalue weighted by Crippen LogP contribution is -2.29. The van der Waals surface area contributed by atoms with E-state index in [0.29, 0.717) is 22.8 Å². The van der Waals surface area contributed by atoms with Crippen molar-refractivity contribution in [3.8, 4) is 0 Å². The SMILES string of the molecule is CCNC(=O)c1ccc(Cl)cc1NC(=O)C(C)CN.Cl. The van der Waals surface area contributed by atoms with Crippen LogP contribution in [0.2, 0.25) is 5.02 Å². The molecule has 1 unspecified atom stereocenters. The first-order chi connectivity index (χ1) is 8.99. The van der Waals surface area contributed by atoms with Gasteiger partial charge in [0.1, 0.15) is 0 Å². The highest BCUT2D eigenvalue weighted by Crippen LogP contribution is 2.21. The smallest absolute Gasteiger partial charge is 0.253 e. The molecule has 0 aromatic heterocycles. The largest absolute Gasteiger partial charge is 0.352 e. The van der Waals surface area contributed by atoms with Gasteiger partial charge in [-0.25, -0.2) is 0 Å². The van der Waals surface area contributed by atoms with Crippen molar-refractivity contribution in [3.05, 3.63) is 28.8 Å². The molecule has 7 heteroatoms. The van der Waals surface area contributed by atoms with E-state index in [9.17, 15) is 9.59 Å². The van der Waals surface area contributed by atoms with E-state index < -0.39 is 0 Å². The Hall–Kier alpha value is -1.30. The molecule has 0 aliphatic heterocycles. The molecule has 0 saturated heterocycles. The van der Waals surface area contributed by atoms with E-state index in [1.807, 2.05) is 6.92 Å². The van der Waals surface area contributed by atoms with Crippen LogP contribution in [0.5, 0.6) is 0 Å². The van der Waals surface area contributed by atoms with Crippen molar-refractivity contribution in [2.45, 2.75) is 13.8 Å². The second-order valence-corrected chi connectivity index (χ2v) is 4.61. The Balaban J connectivity index is 0.00000361. The summed E-state index contributed by atoms with van der Waals surface area (Å²) in [6, 6.07) is 4.73. The predicted octanol–water partition coefficient (Wildman–Crippen LogP) is 2.04. The lowest BCUT2D eigenvalue weighted by molar-refractivity contribution is -0.119. The third kappa shape index (κ3) is 5.00. The van der Waals surface area contributed by atoms with Gasteiger partial charge in [-0.15, -0.1) is 12.4 Å². The summed E-state index contributed by atoms with van der Waals surface area (Å²) in [5.74, 6) is -0.828. The standard InChI is InChI=1S/C13H18ClN3O2.ClH/c1-3-16-13(19)10-5-4-9(14)6-11(10)17-12(18)8(2)7-15;/h4-6,8H,3,7,15H2,1-2H3,(H,16,19)(H,17,18);1H. The van der Waals surface area contributed by atoms with Gasteiger partial charge in [0.2, 0.25) is 5.91 Å². The number of benzene rings is 1. The predicted molar refractivity (Wildman–Crippen MR) is 83.6 cm³/mol. The molecule has 0 heterocycles. The average Bonchev–Trinajstić information content (AvgIpc) is 2.38. The molecule has 2 amide bonds. The van der Waals surface area contributed by atoms with Crippen molar-refractivity contribution in [2.24, 2.45) is 11.7 Å². The topological polar surface area (TPSA) is 84.2 Å². The maximum atomic E-state index is 11.9. The first-order valence-electron chi connectivity index (χ1n) is 6.08. The van der Waals surface area contributed by atoms with Crippen LogP contribution in [-0.2, 0) is 4.79 Å². The number of carbonyl (C=O) groups is 2. The average molecular weight is 320 g/mol. The molecule has 1 atom stereocenters. The maximum absolute atomic E-state index is 11.9. The summed E-state index contributed by atoms with van der Waals surface area (Å²) in [5.41, 5.74) is 6.21. The van der Waals surface area contributed by atoms with Gasteiger partial charge in [-0.05, 0) is 25.1 Å². The summed E-state index contributed by atoms with van der Waals surface area (Å²) in [6.45, 7) is 4.28. The van der Waals surface area contributed by atoms with Crippen LogP contribution >= 0.6 is 24.0 Å². The van der Waals surface area contributed by atoms with Crippen LogP contribution in [0.4, 0.5) is 5.69 Å². The van der Waals surface area contributed by atoms with Gasteiger partial charge in [0.15, 0.2) is 0 Å². The van der Waals surface area contributed by atoms with Crippen molar-refractivity contribution in [1.29, 1.82) is 0 Å². The Labute approximate surface area is 129 Å². The van der Waals surface area contributed by atoms with Gasteiger partial charge in [0.25, 0.3) is 5.91 Å². The molecule has 1 rings (SSSR count). The van der Waals surface area contributed by atoms with Crippen molar-refractivity contribution in [3.63, 3.8) is 0 Å². The zero-order chi connectivity index (χ0) is 14.4. The molecule has 0 radical (unpaired) electrons. The van der Waals surface area contributed by atoms with E-state index in [-0.39, 0.29) is 36.7 Å². The molecular formula is C13H19Cl2N3O2. The van der Waals surface area contributed by atoms with E-state index in [0.717, 1.165) is 0 Å². The Kier molecular flexibility index (Phi) is 8.22. The molecule has 0 spiro atoms. The fourth-order valence-electron chi connectivity index (χ4n) is 1.44. The van der Waals surface area contributed by atoms with Crippen LogP contribution in [0.3, 0.4) is 0 Å². The summed E-state index contributed by atoms with van der Waals surface area (Å²) >= 11 is 5.89. The zero-order valence-electron chi connectivity index (χ0n) is 11.4. The summed E-state index contributed by atoms with van der Waals surface area (Å²) in [7, 11) is 0. The number of amides is 2. The van der Waals surface area contributed by atoms with Crippen molar-refractivity contribution in [2.75, 3.05) is 18.4 Å². The summed E-state index contributed by atoms with van der Waals surface area (Å²) in [5, 5.41) is 5.81. The van der Waals surface area contributed by atoms with E-state index in [1.165, 1.54) is 0 Å². The van der Waals surface area contributed by atoms with Crippen molar-refractivity contribution in [1.82, 2.24) is 5.32 Å². The lowest BCUT2D eigenvalue weighted by atomic mass is 10.1. The number of carbonyl (C=O) groups excluding carboxylic acids is 2. The van der Waals surface area contributed by atoms with E-state index >= 15 is 0 Å². The maximum Gasteiger partial charge on any atom is 0.253 e. The Morgan fingerprint density at radius 3 is 2.60 bits per heavy atom. The molecule has 1 aromatic carbocycles. The number of halogens is 2. The van der Waals surface area contributed by atoms with Crippen LogP contribution in [0.25, 0.3) is 0 Å². The highest BCUT2D eigenvalue weighted by molar-refractivity contribution is 6.31. The molecule has 4 N–H and O–H groups in total. The van der Waals surface area contributed by atoms with Crippen LogP contribution in [-0.4, -0.2) is 24.9 Å². The van der Waals surface area contributed by atoms with Gasteiger partial charge in [0.05, 0.1) is 11.3 Å². The minimum absolute atomic E-state index is 0. The Bertz CT molecular complexity index is 481. The molecule has 0 saturated carbocycles. The molecule has 1 aromatic rings. The second kappa shape index (κ2) is 8.79. The van der Waals surface area contributed by atoms with E-state index in [4.69, 9.17) is 17.3 Å². The number of hydrogen-bond donors (Lipinski definition) is 3. The van der Waals surface area contributed by atoms with Gasteiger partial charge in [-0.1, -0.05) is 18.5 Å². The fraction of sp³-hybridized carbons (Fsp3) is 0.385. The number of hydrogen-bond acceptors (Lipinski definition) is 3. The lowest BCUT2D eigenvalue weighted by Gasteiger charge is -2.14. The summed E-state index contributed by atoms with van der Waals surface area (Å²) in [6.07, 6.45) is 0. The molecule has 0 aliphatic rings. The number of nitrogens with one attached hydrogen (secondary N) is 2. The van der Waals surface area contributed by atoms with Gasteiger partial charge < -0.3 is 16.4 Å². The van der Waals surface area contributed by atoms with Gasteiger partial charge in [0, 0.05) is 24.0 Å². The Morgan fingerprint density at radius 1 is 1.40 bits per heavy atom. The van der Waals surface area contributed by atoms with Crippen LogP contribution in [0, 0.1) is 5.92 Å². The van der Waals surface area contributed by atoms with Crippen molar-refractivity contribution >= 4 is 41.5 Å². The van der Waals surface area contributed by atoms with Crippen LogP contribution in [0.1, 0.15) is 24.2 Å². The van der Waals surface area contributed by atoms with Gasteiger partial charge >= 0.3 is 0 Å². The molecule has 112 valence electrons. The quantitative estimate of drug-likeness (QED) is 0.776. The van der Waals surface area contributed by atoms with Crippen molar-refractivity contribution < 1.29 is 9.59 Å². The van der Waals surface area contributed by atoms with E-state index in [2.05, 4.69) is 10.6 Å². The normalized spacial score (nSPS) is 11.2.